The van der Waals surface area contributed by atoms with Gasteiger partial charge in [-0.05, 0) is 39.3 Å². The molecule has 2 nitrogen and oxygen atoms in total. The minimum Gasteiger partial charge on any atom is -0.226 e. The van der Waals surface area contributed by atoms with Crippen LogP contribution in [0.25, 0.3) is 0 Å². The zero-order valence-corrected chi connectivity index (χ0v) is 12.5. The van der Waals surface area contributed by atoms with Crippen LogP contribution in [0.5, 0.6) is 0 Å². The highest BCUT2D eigenvalue weighted by Gasteiger charge is 2.10. The number of rotatable bonds is 2. The van der Waals surface area contributed by atoms with Crippen molar-refractivity contribution in [3.63, 3.8) is 0 Å². The van der Waals surface area contributed by atoms with E-state index in [9.17, 15) is 0 Å². The molecule has 0 aliphatic rings. The van der Waals surface area contributed by atoms with Gasteiger partial charge in [0.05, 0.1) is 0 Å². The number of aryl methyl sites for hydroxylation is 3. The van der Waals surface area contributed by atoms with Gasteiger partial charge < -0.3 is 0 Å². The first-order valence-electron chi connectivity index (χ1n) is 5.73. The number of aromatic nitrogens is 2. The molecule has 0 radical (unpaired) electrons. The number of hydrogen-bond acceptors (Lipinski definition) is 3. The van der Waals surface area contributed by atoms with Crippen molar-refractivity contribution in [1.82, 2.24) is 9.97 Å². The predicted octanol–water partition coefficient (Wildman–Crippen LogP) is 4.51. The molecule has 94 valence electrons. The van der Waals surface area contributed by atoms with Gasteiger partial charge in [-0.15, -0.1) is 0 Å². The lowest BCUT2D eigenvalue weighted by atomic mass is 10.2. The van der Waals surface area contributed by atoms with Crippen molar-refractivity contribution in [2.45, 2.75) is 37.6 Å². The maximum atomic E-state index is 6.09. The van der Waals surface area contributed by atoms with Gasteiger partial charge >= 0.3 is 0 Å². The average molecular weight is 279 g/mol. The van der Waals surface area contributed by atoms with Crippen molar-refractivity contribution in [3.05, 3.63) is 45.9 Å². The van der Waals surface area contributed by atoms with E-state index >= 15 is 0 Å². The van der Waals surface area contributed by atoms with Crippen molar-refractivity contribution in [2.75, 3.05) is 0 Å². The largest absolute Gasteiger partial charge is 0.226 e. The molecule has 0 saturated carbocycles. The van der Waals surface area contributed by atoms with Gasteiger partial charge in [0.25, 0.3) is 0 Å². The van der Waals surface area contributed by atoms with Gasteiger partial charge in [0.15, 0.2) is 0 Å². The first-order valence-corrected chi connectivity index (χ1v) is 6.92. The molecule has 1 aromatic heterocycles. The van der Waals surface area contributed by atoms with Crippen molar-refractivity contribution in [1.29, 1.82) is 0 Å². The van der Waals surface area contributed by atoms with Crippen LogP contribution in [0.2, 0.25) is 5.15 Å². The van der Waals surface area contributed by atoms with Gasteiger partial charge in [-0.3, -0.25) is 0 Å². The lowest BCUT2D eigenvalue weighted by molar-refractivity contribution is 0.938. The van der Waals surface area contributed by atoms with E-state index in [0.717, 1.165) is 10.6 Å². The molecule has 0 N–H and O–H groups in total. The van der Waals surface area contributed by atoms with Gasteiger partial charge in [0.1, 0.15) is 16.0 Å². The molecule has 0 aliphatic carbocycles. The minimum absolute atomic E-state index is 0.537. The van der Waals surface area contributed by atoms with E-state index in [-0.39, 0.29) is 0 Å². The van der Waals surface area contributed by atoms with Crippen molar-refractivity contribution in [2.24, 2.45) is 0 Å². The highest BCUT2D eigenvalue weighted by atomic mass is 35.5. The van der Waals surface area contributed by atoms with Crippen LogP contribution >= 0.6 is 23.4 Å². The second-order valence-corrected chi connectivity index (χ2v) is 5.75. The molecule has 1 heterocycles. The van der Waals surface area contributed by atoms with Crippen LogP contribution in [-0.2, 0) is 0 Å². The molecule has 0 atom stereocenters. The molecule has 2 aromatic rings. The zero-order valence-electron chi connectivity index (χ0n) is 10.9. The first-order chi connectivity index (χ1) is 8.47. The molecule has 0 bridgehead atoms. The van der Waals surface area contributed by atoms with Gasteiger partial charge in [0.2, 0.25) is 0 Å². The Morgan fingerprint density at radius 3 is 2.44 bits per heavy atom. The van der Waals surface area contributed by atoms with Crippen LogP contribution in [0.4, 0.5) is 0 Å². The molecular weight excluding hydrogens is 264 g/mol. The molecule has 0 saturated heterocycles. The summed E-state index contributed by atoms with van der Waals surface area (Å²) in [5, 5.41) is 1.47. The average Bonchev–Trinajstić information content (AvgIpc) is 2.29. The zero-order chi connectivity index (χ0) is 13.3. The van der Waals surface area contributed by atoms with Crippen LogP contribution in [0.1, 0.15) is 22.5 Å². The lowest BCUT2D eigenvalue weighted by Crippen LogP contribution is -1.95. The van der Waals surface area contributed by atoms with E-state index in [1.165, 1.54) is 16.0 Å². The van der Waals surface area contributed by atoms with Crippen LogP contribution in [-0.4, -0.2) is 9.97 Å². The van der Waals surface area contributed by atoms with Crippen LogP contribution in [0.3, 0.4) is 0 Å². The quantitative estimate of drug-likeness (QED) is 0.756. The van der Waals surface area contributed by atoms with Crippen molar-refractivity contribution in [3.8, 4) is 0 Å². The van der Waals surface area contributed by atoms with E-state index < -0.39 is 0 Å². The second kappa shape index (κ2) is 5.29. The van der Waals surface area contributed by atoms with E-state index in [2.05, 4.69) is 42.0 Å². The Kier molecular flexibility index (Phi) is 3.93. The molecule has 18 heavy (non-hydrogen) atoms. The Morgan fingerprint density at radius 2 is 1.78 bits per heavy atom. The summed E-state index contributed by atoms with van der Waals surface area (Å²) in [7, 11) is 0. The maximum absolute atomic E-state index is 6.09. The Morgan fingerprint density at radius 1 is 1.06 bits per heavy atom. The first kappa shape index (κ1) is 13.4. The molecule has 4 heteroatoms. The van der Waals surface area contributed by atoms with Gasteiger partial charge in [-0.1, -0.05) is 41.1 Å². The van der Waals surface area contributed by atoms with E-state index in [4.69, 9.17) is 11.6 Å². The van der Waals surface area contributed by atoms with Crippen LogP contribution < -0.4 is 0 Å². The third-order valence-electron chi connectivity index (χ3n) is 2.69. The summed E-state index contributed by atoms with van der Waals surface area (Å²) in [6, 6.07) is 6.41. The Hall–Kier alpha value is -1.06. The van der Waals surface area contributed by atoms with Gasteiger partial charge in [-0.25, -0.2) is 9.97 Å². The summed E-state index contributed by atoms with van der Waals surface area (Å²) in [6.07, 6.45) is 0. The fourth-order valence-corrected chi connectivity index (χ4v) is 2.95. The summed E-state index contributed by atoms with van der Waals surface area (Å²) in [4.78, 5) is 9.82. The number of hydrogen-bond donors (Lipinski definition) is 0. The Balaban J connectivity index is 2.40. The topological polar surface area (TPSA) is 25.8 Å². The smallest absolute Gasteiger partial charge is 0.136 e. The molecule has 0 spiro atoms. The highest BCUT2D eigenvalue weighted by Crippen LogP contribution is 2.33. The molecule has 2 rings (SSSR count). The van der Waals surface area contributed by atoms with Gasteiger partial charge in [-0.2, -0.15) is 0 Å². The molecule has 1 aromatic carbocycles. The number of nitrogens with zero attached hydrogens (tertiary/aromatic N) is 2. The second-order valence-electron chi connectivity index (χ2n) is 4.36. The summed E-state index contributed by atoms with van der Waals surface area (Å²) in [5.74, 6) is 0.706. The summed E-state index contributed by atoms with van der Waals surface area (Å²) < 4.78 is 0. The summed E-state index contributed by atoms with van der Waals surface area (Å²) in [6.45, 7) is 8.02. The Labute approximate surface area is 117 Å². The van der Waals surface area contributed by atoms with Gasteiger partial charge in [0, 0.05) is 10.5 Å². The number of halogens is 1. The van der Waals surface area contributed by atoms with Crippen LogP contribution in [0, 0.1) is 27.7 Å². The third kappa shape index (κ3) is 2.85. The SMILES string of the molecule is Cc1ccc(Sc2nc(C)nc(Cl)c2C)c(C)c1. The standard InChI is InChI=1S/C14H15ClN2S/c1-8-5-6-12(9(2)7-8)18-14-10(3)13(15)16-11(4)17-14/h5-7H,1-4H3. The van der Waals surface area contributed by atoms with Crippen molar-refractivity contribution < 1.29 is 0 Å². The summed E-state index contributed by atoms with van der Waals surface area (Å²) in [5.41, 5.74) is 3.46. The lowest BCUT2D eigenvalue weighted by Gasteiger charge is -2.09. The normalized spacial score (nSPS) is 10.7. The maximum Gasteiger partial charge on any atom is 0.136 e. The minimum atomic E-state index is 0.537. The third-order valence-corrected chi connectivity index (χ3v) is 4.33. The van der Waals surface area contributed by atoms with Crippen LogP contribution in [0.15, 0.2) is 28.1 Å². The predicted molar refractivity (Wildman–Crippen MR) is 76.6 cm³/mol. The fourth-order valence-electron chi connectivity index (χ4n) is 1.69. The monoisotopic (exact) mass is 278 g/mol. The molecule has 0 aliphatic heterocycles. The molecule has 0 fully saturated rings. The van der Waals surface area contributed by atoms with E-state index in [1.807, 2.05) is 13.8 Å². The van der Waals surface area contributed by atoms with E-state index in [1.54, 1.807) is 11.8 Å². The summed E-state index contributed by atoms with van der Waals surface area (Å²) >= 11 is 7.73. The van der Waals surface area contributed by atoms with E-state index in [0.29, 0.717) is 11.0 Å². The van der Waals surface area contributed by atoms with Crippen molar-refractivity contribution >= 4 is 23.4 Å². The molecule has 0 unspecified atom stereocenters. The molecular formula is C14H15ClN2S. The highest BCUT2D eigenvalue weighted by molar-refractivity contribution is 7.99. The molecule has 0 amide bonds. The Bertz CT molecular complexity index is 597. The number of benzene rings is 1. The fraction of sp³-hybridized carbons (Fsp3) is 0.286.